The largest absolute Gasteiger partial charge is 0.337 e. The fraction of sp³-hybridized carbons (Fsp3) is 0.0526. The van der Waals surface area contributed by atoms with Crippen LogP contribution >= 0.6 is 11.6 Å². The number of rotatable bonds is 3. The summed E-state index contributed by atoms with van der Waals surface area (Å²) < 4.78 is 15.1. The smallest absolute Gasteiger partial charge is 0.156 e. The minimum absolute atomic E-state index is 0.272. The van der Waals surface area contributed by atoms with Crippen LogP contribution < -0.4 is 5.32 Å². The van der Waals surface area contributed by atoms with Gasteiger partial charge < -0.3 is 5.32 Å². The molecule has 2 aromatic heterocycles. The first kappa shape index (κ1) is 15.6. The molecule has 0 aliphatic rings. The Balaban J connectivity index is 1.81. The molecule has 0 atom stereocenters. The Morgan fingerprint density at radius 3 is 2.64 bits per heavy atom. The number of anilines is 2. The second-order valence-corrected chi connectivity index (χ2v) is 6.11. The Labute approximate surface area is 148 Å². The van der Waals surface area contributed by atoms with Gasteiger partial charge in [0.1, 0.15) is 11.3 Å². The maximum absolute atomic E-state index is 13.2. The minimum atomic E-state index is -0.272. The second kappa shape index (κ2) is 6.18. The molecule has 0 saturated carbocycles. The van der Waals surface area contributed by atoms with E-state index in [2.05, 4.69) is 15.3 Å². The molecule has 2 aromatic carbocycles. The minimum Gasteiger partial charge on any atom is -0.337 e. The third-order valence-corrected chi connectivity index (χ3v) is 4.38. The lowest BCUT2D eigenvalue weighted by atomic mass is 10.1. The van der Waals surface area contributed by atoms with E-state index in [9.17, 15) is 4.39 Å². The third kappa shape index (κ3) is 2.83. The van der Waals surface area contributed by atoms with Crippen LogP contribution in [0.15, 0.2) is 61.2 Å². The van der Waals surface area contributed by atoms with Crippen molar-refractivity contribution in [2.24, 2.45) is 0 Å². The Morgan fingerprint density at radius 1 is 1.08 bits per heavy atom. The van der Waals surface area contributed by atoms with Crippen molar-refractivity contribution in [2.75, 3.05) is 5.32 Å². The Bertz CT molecular complexity index is 1040. The SMILES string of the molecule is Cc1cccc(Cl)c1Nc1ncc(-c2ccc(F)cc2)n2cncc12. The highest BCUT2D eigenvalue weighted by Gasteiger charge is 2.12. The van der Waals surface area contributed by atoms with Crippen molar-refractivity contribution in [1.29, 1.82) is 0 Å². The molecule has 0 fully saturated rings. The molecule has 4 aromatic rings. The lowest BCUT2D eigenvalue weighted by molar-refractivity contribution is 0.628. The predicted molar refractivity (Wildman–Crippen MR) is 97.9 cm³/mol. The topological polar surface area (TPSA) is 42.2 Å². The lowest BCUT2D eigenvalue weighted by Crippen LogP contribution is -2.01. The Hall–Kier alpha value is -2.92. The first-order valence-electron chi connectivity index (χ1n) is 7.72. The second-order valence-electron chi connectivity index (χ2n) is 5.70. The van der Waals surface area contributed by atoms with Gasteiger partial charge in [-0.3, -0.25) is 4.40 Å². The van der Waals surface area contributed by atoms with E-state index in [1.807, 2.05) is 29.5 Å². The number of nitrogens with one attached hydrogen (secondary N) is 1. The molecule has 4 nitrogen and oxygen atoms in total. The molecule has 0 bridgehead atoms. The number of aryl methyl sites for hydroxylation is 1. The molecule has 124 valence electrons. The highest BCUT2D eigenvalue weighted by Crippen LogP contribution is 2.31. The number of fused-ring (bicyclic) bond motifs is 1. The van der Waals surface area contributed by atoms with Crippen LogP contribution in [0, 0.1) is 12.7 Å². The fourth-order valence-corrected chi connectivity index (χ4v) is 3.02. The van der Waals surface area contributed by atoms with E-state index in [4.69, 9.17) is 11.6 Å². The third-order valence-electron chi connectivity index (χ3n) is 4.06. The van der Waals surface area contributed by atoms with Crippen molar-refractivity contribution in [3.05, 3.63) is 77.6 Å². The van der Waals surface area contributed by atoms with Gasteiger partial charge in [-0.25, -0.2) is 14.4 Å². The van der Waals surface area contributed by atoms with Gasteiger partial charge in [-0.2, -0.15) is 0 Å². The number of para-hydroxylation sites is 1. The number of benzene rings is 2. The number of halogens is 2. The molecule has 1 N–H and O–H groups in total. The zero-order valence-electron chi connectivity index (χ0n) is 13.4. The summed E-state index contributed by atoms with van der Waals surface area (Å²) in [4.78, 5) is 8.76. The molecule has 4 rings (SSSR count). The van der Waals surface area contributed by atoms with Crippen LogP contribution in [0.4, 0.5) is 15.9 Å². The first-order valence-corrected chi connectivity index (χ1v) is 8.10. The van der Waals surface area contributed by atoms with Crippen LogP contribution in [-0.4, -0.2) is 14.4 Å². The number of imidazole rings is 1. The Kier molecular flexibility index (Phi) is 3.86. The normalized spacial score (nSPS) is 11.0. The van der Waals surface area contributed by atoms with Gasteiger partial charge in [0.15, 0.2) is 5.82 Å². The van der Waals surface area contributed by atoms with E-state index >= 15 is 0 Å². The summed E-state index contributed by atoms with van der Waals surface area (Å²) in [5.41, 5.74) is 4.33. The lowest BCUT2D eigenvalue weighted by Gasteiger charge is -2.13. The molecule has 2 heterocycles. The monoisotopic (exact) mass is 352 g/mol. The van der Waals surface area contributed by atoms with Crippen molar-refractivity contribution in [1.82, 2.24) is 14.4 Å². The van der Waals surface area contributed by atoms with Crippen LogP contribution in [-0.2, 0) is 0 Å². The summed E-state index contributed by atoms with van der Waals surface area (Å²) in [6, 6.07) is 12.0. The van der Waals surface area contributed by atoms with Crippen molar-refractivity contribution >= 4 is 28.6 Å². The number of aromatic nitrogens is 3. The molecule has 0 radical (unpaired) electrons. The van der Waals surface area contributed by atoms with Gasteiger partial charge in [0.05, 0.1) is 35.1 Å². The van der Waals surface area contributed by atoms with E-state index in [-0.39, 0.29) is 5.82 Å². The highest BCUT2D eigenvalue weighted by molar-refractivity contribution is 6.33. The highest BCUT2D eigenvalue weighted by atomic mass is 35.5. The molecular weight excluding hydrogens is 339 g/mol. The Morgan fingerprint density at radius 2 is 1.88 bits per heavy atom. The van der Waals surface area contributed by atoms with E-state index in [1.165, 1.54) is 12.1 Å². The van der Waals surface area contributed by atoms with Crippen LogP contribution in [0.3, 0.4) is 0 Å². The molecule has 0 unspecified atom stereocenters. The van der Waals surface area contributed by atoms with E-state index in [0.717, 1.165) is 28.0 Å². The van der Waals surface area contributed by atoms with Gasteiger partial charge in [0.2, 0.25) is 0 Å². The average molecular weight is 353 g/mol. The number of hydrogen-bond acceptors (Lipinski definition) is 3. The van der Waals surface area contributed by atoms with Crippen molar-refractivity contribution in [3.63, 3.8) is 0 Å². The molecule has 0 saturated heterocycles. The van der Waals surface area contributed by atoms with E-state index in [1.54, 1.807) is 30.9 Å². The van der Waals surface area contributed by atoms with Crippen LogP contribution in [0.2, 0.25) is 5.02 Å². The van der Waals surface area contributed by atoms with Gasteiger partial charge in [0, 0.05) is 5.56 Å². The zero-order valence-corrected chi connectivity index (χ0v) is 14.1. The summed E-state index contributed by atoms with van der Waals surface area (Å²) in [6.07, 6.45) is 5.17. The molecule has 0 amide bonds. The standard InChI is InChI=1S/C19H14ClFN4/c1-12-3-2-4-15(20)18(12)24-19-17-9-22-11-25(17)16(10-23-19)13-5-7-14(21)8-6-13/h2-11H,1H3,(H,23,24). The fourth-order valence-electron chi connectivity index (χ4n) is 2.76. The summed E-state index contributed by atoms with van der Waals surface area (Å²) in [7, 11) is 0. The number of hydrogen-bond donors (Lipinski definition) is 1. The van der Waals surface area contributed by atoms with Gasteiger partial charge in [-0.05, 0) is 42.8 Å². The summed E-state index contributed by atoms with van der Waals surface area (Å²) in [6.45, 7) is 1.98. The molecule has 0 aliphatic heterocycles. The molecule has 6 heteroatoms. The molecular formula is C19H14ClFN4. The van der Waals surface area contributed by atoms with E-state index in [0.29, 0.717) is 10.8 Å². The van der Waals surface area contributed by atoms with Crippen LogP contribution in [0.5, 0.6) is 0 Å². The predicted octanol–water partition coefficient (Wildman–Crippen LogP) is 5.24. The van der Waals surface area contributed by atoms with Crippen LogP contribution in [0.25, 0.3) is 16.8 Å². The van der Waals surface area contributed by atoms with Gasteiger partial charge in [-0.1, -0.05) is 23.7 Å². The van der Waals surface area contributed by atoms with Crippen molar-refractivity contribution < 1.29 is 4.39 Å². The molecule has 0 aliphatic carbocycles. The van der Waals surface area contributed by atoms with E-state index < -0.39 is 0 Å². The van der Waals surface area contributed by atoms with Gasteiger partial charge >= 0.3 is 0 Å². The summed E-state index contributed by atoms with van der Waals surface area (Å²) in [5, 5.41) is 3.92. The summed E-state index contributed by atoms with van der Waals surface area (Å²) in [5.74, 6) is 0.380. The van der Waals surface area contributed by atoms with Crippen LogP contribution in [0.1, 0.15) is 5.56 Å². The molecule has 0 spiro atoms. The average Bonchev–Trinajstić information content (AvgIpc) is 3.09. The molecule has 25 heavy (non-hydrogen) atoms. The zero-order chi connectivity index (χ0) is 17.4. The van der Waals surface area contributed by atoms with Gasteiger partial charge in [-0.15, -0.1) is 0 Å². The maximum atomic E-state index is 13.2. The van der Waals surface area contributed by atoms with Crippen molar-refractivity contribution in [3.8, 4) is 11.3 Å². The van der Waals surface area contributed by atoms with Crippen molar-refractivity contribution in [2.45, 2.75) is 6.92 Å². The maximum Gasteiger partial charge on any atom is 0.156 e. The summed E-state index contributed by atoms with van der Waals surface area (Å²) >= 11 is 6.30. The van der Waals surface area contributed by atoms with Gasteiger partial charge in [0.25, 0.3) is 0 Å². The number of nitrogens with zero attached hydrogens (tertiary/aromatic N) is 3. The first-order chi connectivity index (χ1) is 12.1. The quantitative estimate of drug-likeness (QED) is 0.548.